The molecule has 0 fully saturated rings. The first-order valence-electron chi connectivity index (χ1n) is 4.53. The lowest BCUT2D eigenvalue weighted by Gasteiger charge is -2.09. The molecule has 0 spiro atoms. The normalized spacial score (nSPS) is 15.6. The standard InChI is InChI=1S/C10H13NO3/c1-11-10(12)5-7-2-3-8-9(4-7)14-6-13-8/h2-4,10-12H,5-6H2,1H3. The Bertz CT molecular complexity index is 327. The van der Waals surface area contributed by atoms with Gasteiger partial charge in [0, 0.05) is 6.42 Å². The number of aliphatic hydroxyl groups is 1. The second-order valence-corrected chi connectivity index (χ2v) is 3.20. The van der Waals surface area contributed by atoms with Crippen LogP contribution in [0.25, 0.3) is 0 Å². The molecular formula is C10H13NO3. The molecule has 0 amide bonds. The van der Waals surface area contributed by atoms with Gasteiger partial charge in [0.1, 0.15) is 6.23 Å². The average molecular weight is 195 g/mol. The first-order valence-corrected chi connectivity index (χ1v) is 4.53. The molecule has 1 aromatic rings. The van der Waals surface area contributed by atoms with Gasteiger partial charge in [-0.15, -0.1) is 0 Å². The summed E-state index contributed by atoms with van der Waals surface area (Å²) in [6.45, 7) is 0.285. The van der Waals surface area contributed by atoms with Crippen LogP contribution in [-0.4, -0.2) is 25.2 Å². The van der Waals surface area contributed by atoms with Crippen LogP contribution in [-0.2, 0) is 6.42 Å². The molecule has 0 radical (unpaired) electrons. The van der Waals surface area contributed by atoms with Gasteiger partial charge in [-0.25, -0.2) is 0 Å². The second kappa shape index (κ2) is 3.86. The fourth-order valence-corrected chi connectivity index (χ4v) is 1.39. The van der Waals surface area contributed by atoms with Gasteiger partial charge in [-0.1, -0.05) is 6.07 Å². The average Bonchev–Trinajstić information content (AvgIpc) is 2.64. The highest BCUT2D eigenvalue weighted by Gasteiger charge is 2.13. The molecule has 14 heavy (non-hydrogen) atoms. The highest BCUT2D eigenvalue weighted by molar-refractivity contribution is 5.44. The van der Waals surface area contributed by atoms with Gasteiger partial charge in [0.2, 0.25) is 6.79 Å². The Morgan fingerprint density at radius 2 is 2.21 bits per heavy atom. The molecule has 2 N–H and O–H groups in total. The van der Waals surface area contributed by atoms with E-state index >= 15 is 0 Å². The molecule has 1 aliphatic heterocycles. The third kappa shape index (κ3) is 1.81. The Kier molecular flexibility index (Phi) is 2.56. The van der Waals surface area contributed by atoms with E-state index in [1.807, 2.05) is 18.2 Å². The quantitative estimate of drug-likeness (QED) is 0.689. The van der Waals surface area contributed by atoms with E-state index in [1.54, 1.807) is 7.05 Å². The summed E-state index contributed by atoms with van der Waals surface area (Å²) in [4.78, 5) is 0. The molecule has 0 aromatic heterocycles. The van der Waals surface area contributed by atoms with Gasteiger partial charge in [0.15, 0.2) is 11.5 Å². The highest BCUT2D eigenvalue weighted by atomic mass is 16.7. The summed E-state index contributed by atoms with van der Waals surface area (Å²) in [6, 6.07) is 5.68. The number of fused-ring (bicyclic) bond motifs is 1. The number of benzene rings is 1. The summed E-state index contributed by atoms with van der Waals surface area (Å²) in [7, 11) is 1.72. The summed E-state index contributed by atoms with van der Waals surface area (Å²) < 4.78 is 10.4. The predicted octanol–water partition coefficient (Wildman–Crippen LogP) is 0.496. The van der Waals surface area contributed by atoms with E-state index in [1.165, 1.54) is 0 Å². The summed E-state index contributed by atoms with van der Waals surface area (Å²) in [5.41, 5.74) is 1.02. The van der Waals surface area contributed by atoms with E-state index < -0.39 is 6.23 Å². The first kappa shape index (κ1) is 9.30. The van der Waals surface area contributed by atoms with Crippen LogP contribution in [0, 0.1) is 0 Å². The number of rotatable bonds is 3. The molecule has 76 valence electrons. The Balaban J connectivity index is 2.12. The maximum atomic E-state index is 9.38. The van der Waals surface area contributed by atoms with E-state index in [-0.39, 0.29) is 6.79 Å². The predicted molar refractivity (Wildman–Crippen MR) is 51.3 cm³/mol. The summed E-state index contributed by atoms with van der Waals surface area (Å²) >= 11 is 0. The van der Waals surface area contributed by atoms with E-state index in [9.17, 15) is 5.11 Å². The summed E-state index contributed by atoms with van der Waals surface area (Å²) in [5.74, 6) is 1.53. The lowest BCUT2D eigenvalue weighted by Crippen LogP contribution is -2.26. The maximum Gasteiger partial charge on any atom is 0.231 e. The van der Waals surface area contributed by atoms with Gasteiger partial charge >= 0.3 is 0 Å². The van der Waals surface area contributed by atoms with Crippen molar-refractivity contribution in [3.63, 3.8) is 0 Å². The smallest absolute Gasteiger partial charge is 0.231 e. The van der Waals surface area contributed by atoms with Gasteiger partial charge < -0.3 is 14.6 Å². The van der Waals surface area contributed by atoms with Crippen molar-refractivity contribution in [2.75, 3.05) is 13.8 Å². The van der Waals surface area contributed by atoms with Crippen molar-refractivity contribution in [1.29, 1.82) is 0 Å². The van der Waals surface area contributed by atoms with E-state index in [2.05, 4.69) is 5.32 Å². The van der Waals surface area contributed by atoms with Gasteiger partial charge in [-0.3, -0.25) is 5.32 Å². The van der Waals surface area contributed by atoms with E-state index in [0.29, 0.717) is 6.42 Å². The molecule has 1 aromatic carbocycles. The second-order valence-electron chi connectivity index (χ2n) is 3.20. The summed E-state index contributed by atoms with van der Waals surface area (Å²) in [6.07, 6.45) is 0.0445. The number of nitrogens with one attached hydrogen (secondary N) is 1. The lowest BCUT2D eigenvalue weighted by atomic mass is 10.1. The minimum Gasteiger partial charge on any atom is -0.454 e. The molecule has 4 heteroatoms. The first-order chi connectivity index (χ1) is 6.79. The SMILES string of the molecule is CNC(O)Cc1ccc2c(c1)OCO2. The van der Waals surface area contributed by atoms with Gasteiger partial charge in [-0.05, 0) is 24.7 Å². The monoisotopic (exact) mass is 195 g/mol. The zero-order valence-corrected chi connectivity index (χ0v) is 7.99. The number of hydrogen-bond acceptors (Lipinski definition) is 4. The van der Waals surface area contributed by atoms with Crippen molar-refractivity contribution in [2.24, 2.45) is 0 Å². The Hall–Kier alpha value is -1.26. The molecule has 0 saturated carbocycles. The minimum atomic E-state index is -0.518. The highest BCUT2D eigenvalue weighted by Crippen LogP contribution is 2.32. The third-order valence-electron chi connectivity index (χ3n) is 2.20. The topological polar surface area (TPSA) is 50.7 Å². The Morgan fingerprint density at radius 1 is 1.43 bits per heavy atom. The van der Waals surface area contributed by atoms with Crippen LogP contribution in [0.4, 0.5) is 0 Å². The molecule has 0 bridgehead atoms. The molecule has 4 nitrogen and oxygen atoms in total. The maximum absolute atomic E-state index is 9.38. The van der Waals surface area contributed by atoms with Gasteiger partial charge in [-0.2, -0.15) is 0 Å². The number of ether oxygens (including phenoxy) is 2. The molecule has 2 rings (SSSR count). The lowest BCUT2D eigenvalue weighted by molar-refractivity contribution is 0.147. The molecule has 1 heterocycles. The van der Waals surface area contributed by atoms with Crippen molar-refractivity contribution in [3.8, 4) is 11.5 Å². The fraction of sp³-hybridized carbons (Fsp3) is 0.400. The Labute approximate surface area is 82.5 Å². The van der Waals surface area contributed by atoms with Gasteiger partial charge in [0.25, 0.3) is 0 Å². The minimum absolute atomic E-state index is 0.285. The largest absolute Gasteiger partial charge is 0.454 e. The molecule has 1 atom stereocenters. The van der Waals surface area contributed by atoms with Crippen molar-refractivity contribution >= 4 is 0 Å². The number of hydrogen-bond donors (Lipinski definition) is 2. The zero-order valence-electron chi connectivity index (χ0n) is 7.99. The van der Waals surface area contributed by atoms with Crippen LogP contribution in [0.15, 0.2) is 18.2 Å². The summed E-state index contributed by atoms with van der Waals surface area (Å²) in [5, 5.41) is 12.1. The van der Waals surface area contributed by atoms with E-state index in [4.69, 9.17) is 9.47 Å². The third-order valence-corrected chi connectivity index (χ3v) is 2.20. The fourth-order valence-electron chi connectivity index (χ4n) is 1.39. The van der Waals surface area contributed by atoms with E-state index in [0.717, 1.165) is 17.1 Å². The molecule has 1 aliphatic rings. The van der Waals surface area contributed by atoms with Crippen LogP contribution < -0.4 is 14.8 Å². The number of aliphatic hydroxyl groups excluding tert-OH is 1. The van der Waals surface area contributed by atoms with Crippen LogP contribution in [0.1, 0.15) is 5.56 Å². The molecule has 1 unspecified atom stereocenters. The molecule has 0 saturated heterocycles. The number of likely N-dealkylation sites (N-methyl/N-ethyl adjacent to an activating group) is 1. The molecular weight excluding hydrogens is 182 g/mol. The van der Waals surface area contributed by atoms with Crippen LogP contribution in [0.3, 0.4) is 0 Å². The van der Waals surface area contributed by atoms with Crippen LogP contribution >= 0.6 is 0 Å². The van der Waals surface area contributed by atoms with Crippen molar-refractivity contribution < 1.29 is 14.6 Å². The van der Waals surface area contributed by atoms with Crippen LogP contribution in [0.2, 0.25) is 0 Å². The van der Waals surface area contributed by atoms with Crippen molar-refractivity contribution in [3.05, 3.63) is 23.8 Å². The van der Waals surface area contributed by atoms with Crippen molar-refractivity contribution in [2.45, 2.75) is 12.6 Å². The van der Waals surface area contributed by atoms with Crippen LogP contribution in [0.5, 0.6) is 11.5 Å². The molecule has 0 aliphatic carbocycles. The van der Waals surface area contributed by atoms with Crippen molar-refractivity contribution in [1.82, 2.24) is 5.32 Å². The zero-order chi connectivity index (χ0) is 9.97. The Morgan fingerprint density at radius 3 is 3.00 bits per heavy atom. The van der Waals surface area contributed by atoms with Gasteiger partial charge in [0.05, 0.1) is 0 Å².